The van der Waals surface area contributed by atoms with E-state index in [4.69, 9.17) is 9.47 Å². The van der Waals surface area contributed by atoms with Gasteiger partial charge in [0.2, 0.25) is 10.0 Å². The van der Waals surface area contributed by atoms with Gasteiger partial charge in [0.05, 0.1) is 4.90 Å². The molecule has 8 heteroatoms. The van der Waals surface area contributed by atoms with Gasteiger partial charge >= 0.3 is 0 Å². The molecule has 7 nitrogen and oxygen atoms in total. The van der Waals surface area contributed by atoms with Crippen LogP contribution in [0, 0.1) is 6.92 Å². The molecule has 0 saturated heterocycles. The third kappa shape index (κ3) is 6.07. The molecule has 0 atom stereocenters. The standard InChI is InChI=1S/C23H24N2O5S/c1-17-7-9-20(10-8-17)30-21-13-11-19(12-14-21)29-16-23(26)24-18-5-4-6-22(15-18)31(27,28)25(2)3/h4-15H,16H2,1-3H3,(H,24,26). The molecule has 1 N–H and O–H groups in total. The second-order valence-corrected chi connectivity index (χ2v) is 9.19. The van der Waals surface area contributed by atoms with E-state index in [-0.39, 0.29) is 11.5 Å². The molecular formula is C23H24N2O5S. The van der Waals surface area contributed by atoms with Crippen molar-refractivity contribution < 1.29 is 22.7 Å². The summed E-state index contributed by atoms with van der Waals surface area (Å²) in [5.41, 5.74) is 1.53. The van der Waals surface area contributed by atoms with E-state index in [9.17, 15) is 13.2 Å². The zero-order valence-electron chi connectivity index (χ0n) is 17.5. The van der Waals surface area contributed by atoms with Crippen LogP contribution in [0.4, 0.5) is 5.69 Å². The molecule has 0 aromatic heterocycles. The van der Waals surface area contributed by atoms with Gasteiger partial charge in [-0.1, -0.05) is 23.8 Å². The molecule has 3 aromatic rings. The van der Waals surface area contributed by atoms with Crippen LogP contribution < -0.4 is 14.8 Å². The molecule has 3 aromatic carbocycles. The van der Waals surface area contributed by atoms with Gasteiger partial charge in [-0.3, -0.25) is 4.79 Å². The minimum absolute atomic E-state index is 0.0976. The highest BCUT2D eigenvalue weighted by molar-refractivity contribution is 7.89. The summed E-state index contributed by atoms with van der Waals surface area (Å²) in [6.45, 7) is 1.79. The van der Waals surface area contributed by atoms with Crippen LogP contribution in [0.5, 0.6) is 17.2 Å². The van der Waals surface area contributed by atoms with Crippen molar-refractivity contribution in [1.29, 1.82) is 0 Å². The van der Waals surface area contributed by atoms with Crippen molar-refractivity contribution >= 4 is 21.6 Å². The average Bonchev–Trinajstić information content (AvgIpc) is 2.75. The lowest BCUT2D eigenvalue weighted by Crippen LogP contribution is -2.23. The average molecular weight is 441 g/mol. The first kappa shape index (κ1) is 22.3. The highest BCUT2D eigenvalue weighted by Crippen LogP contribution is 2.24. The van der Waals surface area contributed by atoms with Crippen molar-refractivity contribution in [1.82, 2.24) is 4.31 Å². The molecule has 0 unspecified atom stereocenters. The van der Waals surface area contributed by atoms with E-state index in [1.807, 2.05) is 31.2 Å². The Morgan fingerprint density at radius 1 is 0.903 bits per heavy atom. The van der Waals surface area contributed by atoms with Crippen LogP contribution in [-0.4, -0.2) is 39.3 Å². The van der Waals surface area contributed by atoms with Crippen molar-refractivity contribution in [3.05, 3.63) is 78.4 Å². The Morgan fingerprint density at radius 2 is 1.48 bits per heavy atom. The Bertz CT molecular complexity index is 1140. The van der Waals surface area contributed by atoms with Crippen LogP contribution >= 0.6 is 0 Å². The van der Waals surface area contributed by atoms with Crippen molar-refractivity contribution in [2.45, 2.75) is 11.8 Å². The number of rotatable bonds is 8. The number of carbonyl (C=O) groups is 1. The molecule has 0 radical (unpaired) electrons. The highest BCUT2D eigenvalue weighted by atomic mass is 32.2. The summed E-state index contributed by atoms with van der Waals surface area (Å²) in [5.74, 6) is 1.49. The molecule has 0 aliphatic heterocycles. The van der Waals surface area contributed by atoms with Crippen LogP contribution in [0.3, 0.4) is 0 Å². The third-order valence-corrected chi connectivity index (χ3v) is 6.16. The molecule has 0 aliphatic carbocycles. The zero-order chi connectivity index (χ0) is 22.4. The summed E-state index contributed by atoms with van der Waals surface area (Å²) in [7, 11) is -0.681. The number of hydrogen-bond acceptors (Lipinski definition) is 5. The number of ether oxygens (including phenoxy) is 2. The van der Waals surface area contributed by atoms with Crippen LogP contribution in [0.1, 0.15) is 5.56 Å². The highest BCUT2D eigenvalue weighted by Gasteiger charge is 2.17. The molecule has 1 amide bonds. The van der Waals surface area contributed by atoms with Crippen LogP contribution in [0.2, 0.25) is 0 Å². The van der Waals surface area contributed by atoms with E-state index in [1.54, 1.807) is 36.4 Å². The Balaban J connectivity index is 1.54. The number of aryl methyl sites for hydroxylation is 1. The van der Waals surface area contributed by atoms with Gasteiger partial charge in [-0.2, -0.15) is 0 Å². The number of nitrogens with zero attached hydrogens (tertiary/aromatic N) is 1. The van der Waals surface area contributed by atoms with E-state index >= 15 is 0 Å². The first-order chi connectivity index (χ1) is 14.7. The largest absolute Gasteiger partial charge is 0.484 e. The summed E-state index contributed by atoms with van der Waals surface area (Å²) in [4.78, 5) is 12.3. The Hall–Kier alpha value is -3.36. The second kappa shape index (κ2) is 9.63. The van der Waals surface area contributed by atoms with Crippen molar-refractivity contribution in [3.8, 4) is 17.2 Å². The van der Waals surface area contributed by atoms with Crippen LogP contribution in [-0.2, 0) is 14.8 Å². The summed E-state index contributed by atoms with van der Waals surface area (Å²) in [6, 6.07) is 20.7. The summed E-state index contributed by atoms with van der Waals surface area (Å²) in [6.07, 6.45) is 0. The lowest BCUT2D eigenvalue weighted by Gasteiger charge is -2.13. The summed E-state index contributed by atoms with van der Waals surface area (Å²) >= 11 is 0. The van der Waals surface area contributed by atoms with Gasteiger partial charge in [0.15, 0.2) is 6.61 Å². The van der Waals surface area contributed by atoms with E-state index in [2.05, 4.69) is 5.32 Å². The lowest BCUT2D eigenvalue weighted by molar-refractivity contribution is -0.118. The van der Waals surface area contributed by atoms with Gasteiger partial charge in [-0.15, -0.1) is 0 Å². The minimum atomic E-state index is -3.58. The molecule has 3 rings (SSSR count). The molecule has 162 valence electrons. The maximum atomic E-state index is 12.2. The summed E-state index contributed by atoms with van der Waals surface area (Å²) in [5, 5.41) is 2.64. The summed E-state index contributed by atoms with van der Waals surface area (Å²) < 4.78 is 36.8. The number of sulfonamides is 1. The fraction of sp³-hybridized carbons (Fsp3) is 0.174. The molecule has 0 aliphatic rings. The first-order valence-corrected chi connectivity index (χ1v) is 11.0. The molecule has 0 saturated carbocycles. The normalized spacial score (nSPS) is 11.2. The minimum Gasteiger partial charge on any atom is -0.484 e. The topological polar surface area (TPSA) is 84.9 Å². The Labute approximate surface area is 182 Å². The monoisotopic (exact) mass is 440 g/mol. The van der Waals surface area contributed by atoms with Gasteiger partial charge in [0.1, 0.15) is 17.2 Å². The lowest BCUT2D eigenvalue weighted by atomic mass is 10.2. The quantitative estimate of drug-likeness (QED) is 0.571. The fourth-order valence-corrected chi connectivity index (χ4v) is 3.59. The SMILES string of the molecule is Cc1ccc(Oc2ccc(OCC(=O)Nc3cccc(S(=O)(=O)N(C)C)c3)cc2)cc1. The molecule has 0 spiro atoms. The fourth-order valence-electron chi connectivity index (χ4n) is 2.64. The predicted octanol–water partition coefficient (Wildman–Crippen LogP) is 4.06. The Morgan fingerprint density at radius 3 is 2.10 bits per heavy atom. The number of benzene rings is 3. The van der Waals surface area contributed by atoms with Crippen molar-refractivity contribution in [3.63, 3.8) is 0 Å². The third-order valence-electron chi connectivity index (χ3n) is 4.35. The van der Waals surface area contributed by atoms with Gasteiger partial charge < -0.3 is 14.8 Å². The number of nitrogens with one attached hydrogen (secondary N) is 1. The van der Waals surface area contributed by atoms with E-state index in [1.165, 1.54) is 26.2 Å². The first-order valence-electron chi connectivity index (χ1n) is 9.54. The zero-order valence-corrected chi connectivity index (χ0v) is 18.3. The van der Waals surface area contributed by atoms with Gasteiger partial charge in [-0.05, 0) is 61.5 Å². The second-order valence-electron chi connectivity index (χ2n) is 7.04. The van der Waals surface area contributed by atoms with Crippen molar-refractivity contribution in [2.24, 2.45) is 0 Å². The van der Waals surface area contributed by atoms with Gasteiger partial charge in [0, 0.05) is 19.8 Å². The van der Waals surface area contributed by atoms with Gasteiger partial charge in [-0.25, -0.2) is 12.7 Å². The molecule has 0 bridgehead atoms. The van der Waals surface area contributed by atoms with Crippen molar-refractivity contribution in [2.75, 3.05) is 26.0 Å². The van der Waals surface area contributed by atoms with Crippen LogP contribution in [0.15, 0.2) is 77.7 Å². The maximum absolute atomic E-state index is 12.2. The van der Waals surface area contributed by atoms with Crippen LogP contribution in [0.25, 0.3) is 0 Å². The number of carbonyl (C=O) groups excluding carboxylic acids is 1. The number of amides is 1. The maximum Gasteiger partial charge on any atom is 0.262 e. The number of hydrogen-bond donors (Lipinski definition) is 1. The number of anilines is 1. The smallest absolute Gasteiger partial charge is 0.262 e. The van der Waals surface area contributed by atoms with Gasteiger partial charge in [0.25, 0.3) is 5.91 Å². The molecule has 0 heterocycles. The molecular weight excluding hydrogens is 416 g/mol. The molecule has 0 fully saturated rings. The molecule has 31 heavy (non-hydrogen) atoms. The predicted molar refractivity (Wildman–Crippen MR) is 119 cm³/mol. The van der Waals surface area contributed by atoms with E-state index in [0.29, 0.717) is 17.2 Å². The van der Waals surface area contributed by atoms with E-state index < -0.39 is 15.9 Å². The Kier molecular flexibility index (Phi) is 6.94. The van der Waals surface area contributed by atoms with E-state index in [0.717, 1.165) is 15.6 Å².